The minimum absolute atomic E-state index is 0.0745. The minimum atomic E-state index is -0.897. The van der Waals surface area contributed by atoms with E-state index < -0.39 is 23.8 Å². The van der Waals surface area contributed by atoms with E-state index >= 15 is 0 Å². The third kappa shape index (κ3) is 5.16. The summed E-state index contributed by atoms with van der Waals surface area (Å²) in [5.74, 6) is -2.01. The van der Waals surface area contributed by atoms with Crippen LogP contribution < -0.4 is 20.7 Å². The number of hydrogen-bond acceptors (Lipinski definition) is 5. The Balaban J connectivity index is 1.71. The molecule has 154 valence electrons. The SMILES string of the molecule is Cc1cccc(NC(=O)COc2c(Cl)cc(C=C3C(=O)NC(=O)NC3=O)cc2Cl)c1. The van der Waals surface area contributed by atoms with Crippen molar-refractivity contribution in [3.05, 3.63) is 63.1 Å². The van der Waals surface area contributed by atoms with Crippen LogP contribution in [-0.2, 0) is 14.4 Å². The van der Waals surface area contributed by atoms with Crippen LogP contribution in [-0.4, -0.2) is 30.4 Å². The van der Waals surface area contributed by atoms with Crippen molar-refractivity contribution in [2.75, 3.05) is 11.9 Å². The zero-order chi connectivity index (χ0) is 21.8. The van der Waals surface area contributed by atoms with Gasteiger partial charge in [-0.15, -0.1) is 0 Å². The number of amides is 5. The number of barbiturate groups is 1. The van der Waals surface area contributed by atoms with Crippen molar-refractivity contribution < 1.29 is 23.9 Å². The smallest absolute Gasteiger partial charge is 0.328 e. The first kappa shape index (κ1) is 21.4. The van der Waals surface area contributed by atoms with Crippen molar-refractivity contribution in [1.29, 1.82) is 0 Å². The summed E-state index contributed by atoms with van der Waals surface area (Å²) in [6.07, 6.45) is 1.23. The molecule has 0 atom stereocenters. The first-order valence-corrected chi connectivity index (χ1v) is 9.35. The number of benzene rings is 2. The van der Waals surface area contributed by atoms with Gasteiger partial charge in [0, 0.05) is 5.69 Å². The highest BCUT2D eigenvalue weighted by Gasteiger charge is 2.27. The lowest BCUT2D eigenvalue weighted by molar-refractivity contribution is -0.124. The number of imide groups is 2. The Labute approximate surface area is 181 Å². The summed E-state index contributed by atoms with van der Waals surface area (Å²) in [5, 5.41) is 6.77. The van der Waals surface area contributed by atoms with E-state index in [9.17, 15) is 19.2 Å². The molecule has 5 amide bonds. The van der Waals surface area contributed by atoms with Gasteiger partial charge in [-0.05, 0) is 48.4 Å². The lowest BCUT2D eigenvalue weighted by Crippen LogP contribution is -2.51. The van der Waals surface area contributed by atoms with Gasteiger partial charge < -0.3 is 10.1 Å². The van der Waals surface area contributed by atoms with Gasteiger partial charge >= 0.3 is 6.03 Å². The van der Waals surface area contributed by atoms with Crippen molar-refractivity contribution in [1.82, 2.24) is 10.6 Å². The molecule has 0 saturated carbocycles. The van der Waals surface area contributed by atoms with E-state index in [1.165, 1.54) is 18.2 Å². The van der Waals surface area contributed by atoms with Crippen molar-refractivity contribution in [2.45, 2.75) is 6.92 Å². The molecule has 2 aromatic carbocycles. The molecule has 1 fully saturated rings. The molecule has 0 spiro atoms. The van der Waals surface area contributed by atoms with Gasteiger partial charge in [0.15, 0.2) is 12.4 Å². The second kappa shape index (κ2) is 8.98. The number of carbonyl (C=O) groups excluding carboxylic acids is 4. The average Bonchev–Trinajstić information content (AvgIpc) is 2.64. The highest BCUT2D eigenvalue weighted by molar-refractivity contribution is 6.37. The van der Waals surface area contributed by atoms with Crippen LogP contribution in [0.25, 0.3) is 6.08 Å². The molecule has 1 aliphatic rings. The lowest BCUT2D eigenvalue weighted by Gasteiger charge is -2.14. The first-order chi connectivity index (χ1) is 14.2. The fourth-order valence-electron chi connectivity index (χ4n) is 2.63. The molecule has 3 rings (SSSR count). The number of hydrogen-bond donors (Lipinski definition) is 3. The summed E-state index contributed by atoms with van der Waals surface area (Å²) >= 11 is 12.4. The molecular formula is C20H15Cl2N3O5. The molecule has 30 heavy (non-hydrogen) atoms. The van der Waals surface area contributed by atoms with E-state index in [-0.39, 0.29) is 28.0 Å². The maximum Gasteiger partial charge on any atom is 0.328 e. The largest absolute Gasteiger partial charge is 0.481 e. The molecular weight excluding hydrogens is 433 g/mol. The summed E-state index contributed by atoms with van der Waals surface area (Å²) in [6.45, 7) is 1.57. The molecule has 8 nitrogen and oxygen atoms in total. The average molecular weight is 448 g/mol. The molecule has 0 aliphatic carbocycles. The summed E-state index contributed by atoms with van der Waals surface area (Å²) < 4.78 is 5.43. The molecule has 0 unspecified atom stereocenters. The standard InChI is InChI=1S/C20H15Cl2N3O5/c1-10-3-2-4-12(5-10)23-16(26)9-30-17-14(21)7-11(8-15(17)22)6-13-18(27)24-20(29)25-19(13)28/h2-8H,9H2,1H3,(H,23,26)(H2,24,25,27,28,29). The monoisotopic (exact) mass is 447 g/mol. The fraction of sp³-hybridized carbons (Fsp3) is 0.100. The molecule has 1 aliphatic heterocycles. The number of aryl methyl sites for hydroxylation is 1. The second-order valence-electron chi connectivity index (χ2n) is 6.32. The number of ether oxygens (including phenoxy) is 1. The topological polar surface area (TPSA) is 114 Å². The first-order valence-electron chi connectivity index (χ1n) is 8.59. The molecule has 10 heteroatoms. The van der Waals surface area contributed by atoms with Crippen LogP contribution in [0.5, 0.6) is 5.75 Å². The Morgan fingerprint density at radius 2 is 1.70 bits per heavy atom. The third-order valence-electron chi connectivity index (χ3n) is 3.92. The molecule has 1 saturated heterocycles. The number of rotatable bonds is 5. The van der Waals surface area contributed by atoms with Gasteiger partial charge in [-0.1, -0.05) is 35.3 Å². The van der Waals surface area contributed by atoms with E-state index in [1.807, 2.05) is 35.8 Å². The number of anilines is 1. The normalized spacial score (nSPS) is 13.4. The van der Waals surface area contributed by atoms with Crippen molar-refractivity contribution in [3.8, 4) is 5.75 Å². The van der Waals surface area contributed by atoms with E-state index in [2.05, 4.69) is 5.32 Å². The van der Waals surface area contributed by atoms with Crippen LogP contribution in [0.4, 0.5) is 10.5 Å². The fourth-order valence-corrected chi connectivity index (χ4v) is 3.24. The second-order valence-corrected chi connectivity index (χ2v) is 7.13. The van der Waals surface area contributed by atoms with Gasteiger partial charge in [-0.2, -0.15) is 0 Å². The predicted octanol–water partition coefficient (Wildman–Crippen LogP) is 3.07. The molecule has 0 radical (unpaired) electrons. The van der Waals surface area contributed by atoms with Gasteiger partial charge in [-0.25, -0.2) is 4.79 Å². The number of urea groups is 1. The molecule has 0 aromatic heterocycles. The van der Waals surface area contributed by atoms with Crippen molar-refractivity contribution >= 4 is 58.7 Å². The van der Waals surface area contributed by atoms with Crippen LogP contribution in [0.2, 0.25) is 10.0 Å². The van der Waals surface area contributed by atoms with Gasteiger partial charge in [-0.3, -0.25) is 25.0 Å². The Morgan fingerprint density at radius 1 is 1.07 bits per heavy atom. The Morgan fingerprint density at radius 3 is 2.30 bits per heavy atom. The zero-order valence-corrected chi connectivity index (χ0v) is 17.1. The third-order valence-corrected chi connectivity index (χ3v) is 4.49. The lowest BCUT2D eigenvalue weighted by atomic mass is 10.1. The van der Waals surface area contributed by atoms with Gasteiger partial charge in [0.1, 0.15) is 5.57 Å². The Bertz CT molecular complexity index is 1050. The van der Waals surface area contributed by atoms with E-state index in [0.29, 0.717) is 11.3 Å². The quantitative estimate of drug-likeness (QED) is 0.481. The summed E-state index contributed by atoms with van der Waals surface area (Å²) in [6, 6.07) is 9.20. The van der Waals surface area contributed by atoms with Crippen LogP contribution >= 0.6 is 23.2 Å². The van der Waals surface area contributed by atoms with Crippen LogP contribution in [0.3, 0.4) is 0 Å². The van der Waals surface area contributed by atoms with E-state index in [0.717, 1.165) is 5.56 Å². The molecule has 2 aromatic rings. The summed E-state index contributed by atoms with van der Waals surface area (Å²) in [5.41, 5.74) is 1.67. The zero-order valence-electron chi connectivity index (χ0n) is 15.5. The highest BCUT2D eigenvalue weighted by atomic mass is 35.5. The van der Waals surface area contributed by atoms with Crippen molar-refractivity contribution in [3.63, 3.8) is 0 Å². The number of nitrogens with one attached hydrogen (secondary N) is 3. The maximum absolute atomic E-state index is 12.1. The Kier molecular flexibility index (Phi) is 6.39. The molecule has 3 N–H and O–H groups in total. The van der Waals surface area contributed by atoms with E-state index in [1.54, 1.807) is 6.07 Å². The number of halogens is 2. The van der Waals surface area contributed by atoms with Gasteiger partial charge in [0.25, 0.3) is 17.7 Å². The van der Waals surface area contributed by atoms with Gasteiger partial charge in [0.05, 0.1) is 10.0 Å². The maximum atomic E-state index is 12.1. The highest BCUT2D eigenvalue weighted by Crippen LogP contribution is 2.35. The number of carbonyl (C=O) groups is 4. The minimum Gasteiger partial charge on any atom is -0.481 e. The predicted molar refractivity (Wildman–Crippen MR) is 111 cm³/mol. The Hall–Kier alpha value is -3.36. The van der Waals surface area contributed by atoms with Crippen LogP contribution in [0, 0.1) is 6.92 Å². The van der Waals surface area contributed by atoms with E-state index in [4.69, 9.17) is 27.9 Å². The van der Waals surface area contributed by atoms with Crippen molar-refractivity contribution in [2.24, 2.45) is 0 Å². The van der Waals surface area contributed by atoms with Crippen LogP contribution in [0.1, 0.15) is 11.1 Å². The van der Waals surface area contributed by atoms with Gasteiger partial charge in [0.2, 0.25) is 0 Å². The molecule has 1 heterocycles. The molecule has 0 bridgehead atoms. The summed E-state index contributed by atoms with van der Waals surface area (Å²) in [7, 11) is 0. The van der Waals surface area contributed by atoms with Crippen LogP contribution in [0.15, 0.2) is 42.0 Å². The summed E-state index contributed by atoms with van der Waals surface area (Å²) in [4.78, 5) is 46.8.